The van der Waals surface area contributed by atoms with E-state index in [1.807, 2.05) is 6.92 Å². The maximum Gasteiger partial charge on any atom is 0.135 e. The molecule has 2 saturated heterocycles. The Morgan fingerprint density at radius 3 is 1.84 bits per heavy atom. The second kappa shape index (κ2) is 8.96. The number of piperidine rings is 1. The van der Waals surface area contributed by atoms with E-state index in [-0.39, 0.29) is 0 Å². The summed E-state index contributed by atoms with van der Waals surface area (Å²) in [6.07, 6.45) is 8.17. The Balaban J connectivity index is 1.39. The molecule has 0 amide bonds. The van der Waals surface area contributed by atoms with E-state index >= 15 is 0 Å². The average Bonchev–Trinajstić information content (AvgIpc) is 2.67. The summed E-state index contributed by atoms with van der Waals surface area (Å²) in [4.78, 5) is 20.0. The number of hydrogen-bond donors (Lipinski definition) is 0. The van der Waals surface area contributed by atoms with Crippen molar-refractivity contribution in [3.8, 4) is 0 Å². The number of ketones is 1. The molecule has 0 aromatic rings. The van der Waals surface area contributed by atoms with Crippen molar-refractivity contribution in [3.05, 3.63) is 0 Å². The lowest BCUT2D eigenvalue weighted by Gasteiger charge is -2.46. The lowest BCUT2D eigenvalue weighted by atomic mass is 9.81. The van der Waals surface area contributed by atoms with Crippen LogP contribution in [0.15, 0.2) is 0 Å². The molecule has 0 aromatic heterocycles. The molecule has 1 aliphatic carbocycles. The highest BCUT2D eigenvalue weighted by Gasteiger charge is 2.33. The van der Waals surface area contributed by atoms with Gasteiger partial charge in [-0.3, -0.25) is 14.6 Å². The van der Waals surface area contributed by atoms with Crippen molar-refractivity contribution in [3.63, 3.8) is 0 Å². The average molecular weight is 350 g/mol. The Kier molecular flexibility index (Phi) is 6.93. The summed E-state index contributed by atoms with van der Waals surface area (Å²) in [6, 6.07) is 2.25. The van der Waals surface area contributed by atoms with Crippen LogP contribution >= 0.6 is 0 Å². The molecule has 4 heteroatoms. The summed E-state index contributed by atoms with van der Waals surface area (Å²) < 4.78 is 0. The highest BCUT2D eigenvalue weighted by molar-refractivity contribution is 5.80. The molecule has 25 heavy (non-hydrogen) atoms. The zero-order chi connectivity index (χ0) is 17.8. The Hall–Kier alpha value is -0.450. The number of nitrogens with zero attached hydrogens (tertiary/aromatic N) is 3. The molecule has 3 rings (SSSR count). The van der Waals surface area contributed by atoms with Crippen LogP contribution in [0.1, 0.15) is 65.7 Å². The van der Waals surface area contributed by atoms with Gasteiger partial charge in [0, 0.05) is 56.6 Å². The first-order chi connectivity index (χ1) is 12.1. The fourth-order valence-electron chi connectivity index (χ4n) is 5.29. The van der Waals surface area contributed by atoms with Crippen molar-refractivity contribution in [2.24, 2.45) is 5.92 Å². The zero-order valence-electron chi connectivity index (χ0n) is 16.8. The van der Waals surface area contributed by atoms with E-state index in [1.165, 1.54) is 65.0 Å². The Labute approximate surface area is 154 Å². The van der Waals surface area contributed by atoms with Crippen molar-refractivity contribution in [2.45, 2.75) is 83.8 Å². The maximum absolute atomic E-state index is 11.9. The summed E-state index contributed by atoms with van der Waals surface area (Å²) in [5.74, 6) is 0.869. The van der Waals surface area contributed by atoms with Gasteiger partial charge in [-0.2, -0.15) is 0 Å². The van der Waals surface area contributed by atoms with E-state index in [1.54, 1.807) is 0 Å². The Morgan fingerprint density at radius 2 is 1.32 bits per heavy atom. The molecule has 4 nitrogen and oxygen atoms in total. The van der Waals surface area contributed by atoms with Crippen LogP contribution in [0.5, 0.6) is 0 Å². The Bertz CT molecular complexity index is 415. The van der Waals surface area contributed by atoms with E-state index in [9.17, 15) is 4.79 Å². The van der Waals surface area contributed by atoms with Gasteiger partial charge in [0.1, 0.15) is 5.78 Å². The lowest BCUT2D eigenvalue weighted by molar-refractivity contribution is -0.123. The fourth-order valence-corrected chi connectivity index (χ4v) is 5.29. The first-order valence-electron chi connectivity index (χ1n) is 10.8. The predicted molar refractivity (Wildman–Crippen MR) is 104 cm³/mol. The topological polar surface area (TPSA) is 26.8 Å². The summed E-state index contributed by atoms with van der Waals surface area (Å²) in [5.41, 5.74) is 0. The van der Waals surface area contributed by atoms with Crippen LogP contribution in [0.3, 0.4) is 0 Å². The third kappa shape index (κ3) is 4.84. The normalized spacial score (nSPS) is 31.5. The van der Waals surface area contributed by atoms with Crippen LogP contribution in [-0.2, 0) is 4.79 Å². The smallest absolute Gasteiger partial charge is 0.135 e. The summed E-state index contributed by atoms with van der Waals surface area (Å²) in [5, 5.41) is 0. The third-order valence-corrected chi connectivity index (χ3v) is 7.11. The molecule has 0 bridgehead atoms. The van der Waals surface area contributed by atoms with E-state index < -0.39 is 0 Å². The Morgan fingerprint density at radius 1 is 0.800 bits per heavy atom. The first-order valence-corrected chi connectivity index (χ1v) is 10.8. The molecule has 0 N–H and O–H groups in total. The van der Waals surface area contributed by atoms with Gasteiger partial charge in [-0.05, 0) is 65.5 Å². The van der Waals surface area contributed by atoms with Crippen LogP contribution in [-0.4, -0.2) is 77.9 Å². The van der Waals surface area contributed by atoms with Crippen LogP contribution in [0.25, 0.3) is 0 Å². The molecule has 3 fully saturated rings. The maximum atomic E-state index is 11.9. The predicted octanol–water partition coefficient (Wildman–Crippen LogP) is 3.01. The number of carbonyl (C=O) groups is 1. The van der Waals surface area contributed by atoms with Crippen LogP contribution in [0.2, 0.25) is 0 Å². The standard InChI is InChI=1S/C21H39N3O/c1-4-21(25)18-5-7-19(8-6-18)23-11-9-20(10-12-23)24-15-13-22(14-16-24)17(2)3/h17-20H,4-16H2,1-3H3. The van der Waals surface area contributed by atoms with Gasteiger partial charge in [0.05, 0.1) is 0 Å². The zero-order valence-corrected chi connectivity index (χ0v) is 16.8. The molecular weight excluding hydrogens is 310 g/mol. The third-order valence-electron chi connectivity index (χ3n) is 7.11. The van der Waals surface area contributed by atoms with Crippen LogP contribution in [0.4, 0.5) is 0 Å². The number of Topliss-reactive ketones (excluding diaryl/α,β-unsaturated/α-hetero) is 1. The van der Waals surface area contributed by atoms with Gasteiger partial charge in [0.25, 0.3) is 0 Å². The molecular formula is C21H39N3O. The molecule has 0 atom stereocenters. The van der Waals surface area contributed by atoms with Gasteiger partial charge in [0.2, 0.25) is 0 Å². The molecule has 144 valence electrons. The SMILES string of the molecule is CCC(=O)C1CCC(N2CCC(N3CCN(C(C)C)CC3)CC2)CC1. The molecule has 2 aliphatic heterocycles. The van der Waals surface area contributed by atoms with E-state index in [2.05, 4.69) is 28.5 Å². The van der Waals surface area contributed by atoms with Crippen molar-refractivity contribution in [1.29, 1.82) is 0 Å². The number of piperazine rings is 1. The summed E-state index contributed by atoms with van der Waals surface area (Å²) in [6.45, 7) is 14.2. The minimum absolute atomic E-state index is 0.371. The molecule has 0 spiro atoms. The van der Waals surface area contributed by atoms with Gasteiger partial charge in [-0.25, -0.2) is 0 Å². The van der Waals surface area contributed by atoms with Crippen molar-refractivity contribution in [1.82, 2.24) is 14.7 Å². The van der Waals surface area contributed by atoms with Gasteiger partial charge in [0.15, 0.2) is 0 Å². The second-order valence-corrected chi connectivity index (χ2v) is 8.76. The minimum atomic E-state index is 0.371. The minimum Gasteiger partial charge on any atom is -0.300 e. The summed E-state index contributed by atoms with van der Waals surface area (Å²) >= 11 is 0. The largest absolute Gasteiger partial charge is 0.300 e. The van der Waals surface area contributed by atoms with Gasteiger partial charge in [-0.1, -0.05) is 6.92 Å². The quantitative estimate of drug-likeness (QED) is 0.762. The summed E-state index contributed by atoms with van der Waals surface area (Å²) in [7, 11) is 0. The molecule has 0 radical (unpaired) electrons. The van der Waals surface area contributed by atoms with Crippen molar-refractivity contribution < 1.29 is 4.79 Å². The van der Waals surface area contributed by atoms with Gasteiger partial charge in [-0.15, -0.1) is 0 Å². The van der Waals surface area contributed by atoms with Crippen LogP contribution in [0, 0.1) is 5.92 Å². The number of hydrogen-bond acceptors (Lipinski definition) is 4. The fraction of sp³-hybridized carbons (Fsp3) is 0.952. The van der Waals surface area contributed by atoms with E-state index in [0.717, 1.165) is 31.3 Å². The van der Waals surface area contributed by atoms with Crippen molar-refractivity contribution >= 4 is 5.78 Å². The van der Waals surface area contributed by atoms with Crippen LogP contribution < -0.4 is 0 Å². The molecule has 2 heterocycles. The number of rotatable bonds is 5. The molecule has 1 saturated carbocycles. The number of likely N-dealkylation sites (tertiary alicyclic amines) is 1. The first kappa shape index (κ1) is 19.3. The second-order valence-electron chi connectivity index (χ2n) is 8.76. The monoisotopic (exact) mass is 349 g/mol. The highest BCUT2D eigenvalue weighted by atomic mass is 16.1. The number of carbonyl (C=O) groups excluding carboxylic acids is 1. The van der Waals surface area contributed by atoms with E-state index in [0.29, 0.717) is 17.7 Å². The van der Waals surface area contributed by atoms with Gasteiger partial charge < -0.3 is 4.90 Å². The van der Waals surface area contributed by atoms with E-state index in [4.69, 9.17) is 0 Å². The lowest BCUT2D eigenvalue weighted by Crippen LogP contribution is -2.55. The molecule has 0 aromatic carbocycles. The molecule has 0 unspecified atom stereocenters. The highest BCUT2D eigenvalue weighted by Crippen LogP contribution is 2.31. The molecule has 3 aliphatic rings. The van der Waals surface area contributed by atoms with Crippen molar-refractivity contribution in [2.75, 3.05) is 39.3 Å². The van der Waals surface area contributed by atoms with Gasteiger partial charge >= 0.3 is 0 Å².